The average Bonchev–Trinajstić information content (AvgIpc) is 2.83. The molecule has 1 aromatic carbocycles. The predicted molar refractivity (Wildman–Crippen MR) is 78.9 cm³/mol. The van der Waals surface area contributed by atoms with Crippen LogP contribution in [-0.2, 0) is 13.0 Å². The minimum Gasteiger partial charge on any atom is -0.311 e. The van der Waals surface area contributed by atoms with Crippen LogP contribution in [0.2, 0.25) is 0 Å². The van der Waals surface area contributed by atoms with Gasteiger partial charge in [0.05, 0.1) is 15.6 Å². The molecule has 2 nitrogen and oxygen atoms in total. The second kappa shape index (κ2) is 6.66. The molecule has 1 aromatic heterocycles. The summed E-state index contributed by atoms with van der Waals surface area (Å²) in [6, 6.07) is 10.6. The molecular formula is C15H20N2S. The first-order valence-electron chi connectivity index (χ1n) is 6.59. The van der Waals surface area contributed by atoms with Crippen LogP contribution in [0.15, 0.2) is 30.3 Å². The van der Waals surface area contributed by atoms with E-state index < -0.39 is 0 Å². The maximum atomic E-state index is 4.73. The van der Waals surface area contributed by atoms with Gasteiger partial charge in [-0.15, -0.1) is 11.3 Å². The van der Waals surface area contributed by atoms with Gasteiger partial charge in [-0.3, -0.25) is 0 Å². The van der Waals surface area contributed by atoms with Gasteiger partial charge in [0.1, 0.15) is 0 Å². The van der Waals surface area contributed by atoms with Crippen molar-refractivity contribution in [3.8, 4) is 10.4 Å². The SMILES string of the molecule is CCCNCc1nc(CC)sc1-c1ccccc1. The molecule has 0 aliphatic carbocycles. The van der Waals surface area contributed by atoms with Crippen LogP contribution in [-0.4, -0.2) is 11.5 Å². The molecule has 2 aromatic rings. The summed E-state index contributed by atoms with van der Waals surface area (Å²) in [5, 5.41) is 4.67. The smallest absolute Gasteiger partial charge is 0.0932 e. The molecular weight excluding hydrogens is 240 g/mol. The second-order valence-electron chi connectivity index (χ2n) is 4.28. The fourth-order valence-corrected chi connectivity index (χ4v) is 2.90. The van der Waals surface area contributed by atoms with Crippen LogP contribution in [0.25, 0.3) is 10.4 Å². The molecule has 0 aliphatic heterocycles. The van der Waals surface area contributed by atoms with E-state index in [-0.39, 0.29) is 0 Å². The average molecular weight is 260 g/mol. The fraction of sp³-hybridized carbons (Fsp3) is 0.400. The summed E-state index contributed by atoms with van der Waals surface area (Å²) in [4.78, 5) is 6.05. The molecule has 18 heavy (non-hydrogen) atoms. The zero-order valence-electron chi connectivity index (χ0n) is 11.1. The van der Waals surface area contributed by atoms with Gasteiger partial charge in [0, 0.05) is 6.54 Å². The quantitative estimate of drug-likeness (QED) is 0.797. The van der Waals surface area contributed by atoms with Gasteiger partial charge in [-0.2, -0.15) is 0 Å². The molecule has 96 valence electrons. The number of nitrogens with zero attached hydrogens (tertiary/aromatic N) is 1. The summed E-state index contributed by atoms with van der Waals surface area (Å²) in [6.45, 7) is 6.27. The Bertz CT molecular complexity index is 476. The maximum absolute atomic E-state index is 4.73. The van der Waals surface area contributed by atoms with Gasteiger partial charge in [0.25, 0.3) is 0 Å². The Morgan fingerprint density at radius 3 is 2.61 bits per heavy atom. The third-order valence-electron chi connectivity index (χ3n) is 2.80. The first kappa shape index (κ1) is 13.2. The number of aromatic nitrogens is 1. The van der Waals surface area contributed by atoms with E-state index >= 15 is 0 Å². The number of thiazole rings is 1. The Morgan fingerprint density at radius 1 is 1.17 bits per heavy atom. The van der Waals surface area contributed by atoms with Gasteiger partial charge < -0.3 is 5.32 Å². The third-order valence-corrected chi connectivity index (χ3v) is 4.09. The van der Waals surface area contributed by atoms with Gasteiger partial charge in [0.2, 0.25) is 0 Å². The molecule has 0 bridgehead atoms. The van der Waals surface area contributed by atoms with E-state index in [4.69, 9.17) is 4.98 Å². The molecule has 3 heteroatoms. The van der Waals surface area contributed by atoms with Crippen molar-refractivity contribution in [3.05, 3.63) is 41.0 Å². The predicted octanol–water partition coefficient (Wildman–Crippen LogP) is 3.87. The van der Waals surface area contributed by atoms with E-state index in [0.717, 1.165) is 25.9 Å². The van der Waals surface area contributed by atoms with Crippen LogP contribution >= 0.6 is 11.3 Å². The Kier molecular flexibility index (Phi) is 4.90. The Labute approximate surface area is 113 Å². The summed E-state index contributed by atoms with van der Waals surface area (Å²) in [7, 11) is 0. The molecule has 0 amide bonds. The number of hydrogen-bond acceptors (Lipinski definition) is 3. The molecule has 0 aliphatic rings. The van der Waals surface area contributed by atoms with Crippen molar-refractivity contribution >= 4 is 11.3 Å². The van der Waals surface area contributed by atoms with E-state index in [2.05, 4.69) is 49.5 Å². The van der Waals surface area contributed by atoms with Crippen molar-refractivity contribution in [2.24, 2.45) is 0 Å². The molecule has 1 heterocycles. The van der Waals surface area contributed by atoms with E-state index in [9.17, 15) is 0 Å². The molecule has 2 rings (SSSR count). The van der Waals surface area contributed by atoms with Crippen LogP contribution in [0, 0.1) is 0 Å². The molecule has 0 saturated carbocycles. The first-order valence-corrected chi connectivity index (χ1v) is 7.41. The lowest BCUT2D eigenvalue weighted by molar-refractivity contribution is 0.666. The van der Waals surface area contributed by atoms with Gasteiger partial charge in [0.15, 0.2) is 0 Å². The van der Waals surface area contributed by atoms with Crippen LogP contribution in [0.4, 0.5) is 0 Å². The van der Waals surface area contributed by atoms with Crippen molar-refractivity contribution in [1.29, 1.82) is 0 Å². The van der Waals surface area contributed by atoms with Crippen molar-refractivity contribution in [1.82, 2.24) is 10.3 Å². The second-order valence-corrected chi connectivity index (χ2v) is 5.36. The number of aryl methyl sites for hydroxylation is 1. The van der Waals surface area contributed by atoms with Crippen LogP contribution < -0.4 is 5.32 Å². The monoisotopic (exact) mass is 260 g/mol. The van der Waals surface area contributed by atoms with E-state index in [1.54, 1.807) is 0 Å². The largest absolute Gasteiger partial charge is 0.311 e. The lowest BCUT2D eigenvalue weighted by Gasteiger charge is -2.03. The lowest BCUT2D eigenvalue weighted by atomic mass is 10.1. The number of rotatable bonds is 6. The number of hydrogen-bond donors (Lipinski definition) is 1. The van der Waals surface area contributed by atoms with Crippen molar-refractivity contribution < 1.29 is 0 Å². The minimum atomic E-state index is 0.870. The molecule has 0 atom stereocenters. The molecule has 0 spiro atoms. The van der Waals surface area contributed by atoms with Gasteiger partial charge in [-0.25, -0.2) is 4.98 Å². The van der Waals surface area contributed by atoms with E-state index in [1.807, 2.05) is 11.3 Å². The topological polar surface area (TPSA) is 24.9 Å². The van der Waals surface area contributed by atoms with E-state index in [0.29, 0.717) is 0 Å². The summed E-state index contributed by atoms with van der Waals surface area (Å²) >= 11 is 1.82. The highest BCUT2D eigenvalue weighted by atomic mass is 32.1. The fourth-order valence-electron chi connectivity index (χ4n) is 1.87. The highest BCUT2D eigenvalue weighted by molar-refractivity contribution is 7.15. The zero-order valence-corrected chi connectivity index (χ0v) is 11.9. The highest BCUT2D eigenvalue weighted by Gasteiger charge is 2.11. The van der Waals surface area contributed by atoms with Crippen molar-refractivity contribution in [2.75, 3.05) is 6.54 Å². The van der Waals surface area contributed by atoms with Crippen molar-refractivity contribution in [2.45, 2.75) is 33.2 Å². The molecule has 1 N–H and O–H groups in total. The maximum Gasteiger partial charge on any atom is 0.0932 e. The first-order chi connectivity index (χ1) is 8.85. The highest BCUT2D eigenvalue weighted by Crippen LogP contribution is 2.30. The van der Waals surface area contributed by atoms with E-state index in [1.165, 1.54) is 21.1 Å². The van der Waals surface area contributed by atoms with Gasteiger partial charge >= 0.3 is 0 Å². The Hall–Kier alpha value is -1.19. The summed E-state index contributed by atoms with van der Waals surface area (Å²) in [5.74, 6) is 0. The van der Waals surface area contributed by atoms with Crippen LogP contribution in [0.1, 0.15) is 31.0 Å². The third kappa shape index (κ3) is 3.18. The molecule has 0 saturated heterocycles. The zero-order chi connectivity index (χ0) is 12.8. The Morgan fingerprint density at radius 2 is 1.94 bits per heavy atom. The minimum absolute atomic E-state index is 0.870. The van der Waals surface area contributed by atoms with Crippen LogP contribution in [0.5, 0.6) is 0 Å². The summed E-state index contributed by atoms with van der Waals surface area (Å²) < 4.78 is 0. The van der Waals surface area contributed by atoms with Crippen LogP contribution in [0.3, 0.4) is 0 Å². The summed E-state index contributed by atoms with van der Waals surface area (Å²) in [6.07, 6.45) is 2.17. The standard InChI is InChI=1S/C15H20N2S/c1-3-10-16-11-13-15(18-14(4-2)17-13)12-8-6-5-7-9-12/h5-9,16H,3-4,10-11H2,1-2H3. The summed E-state index contributed by atoms with van der Waals surface area (Å²) in [5.41, 5.74) is 2.47. The molecule has 0 radical (unpaired) electrons. The number of benzene rings is 1. The van der Waals surface area contributed by atoms with Gasteiger partial charge in [-0.05, 0) is 24.9 Å². The van der Waals surface area contributed by atoms with Gasteiger partial charge in [-0.1, -0.05) is 44.2 Å². The lowest BCUT2D eigenvalue weighted by Crippen LogP contribution is -2.14. The number of nitrogens with one attached hydrogen (secondary N) is 1. The normalized spacial score (nSPS) is 10.8. The van der Waals surface area contributed by atoms with Crippen molar-refractivity contribution in [3.63, 3.8) is 0 Å². The Balaban J connectivity index is 2.24. The molecule has 0 unspecified atom stereocenters. The molecule has 0 fully saturated rings.